The summed E-state index contributed by atoms with van der Waals surface area (Å²) in [6.45, 7) is 0. The number of hydrogen-bond acceptors (Lipinski definition) is 8. The molecule has 124 valence electrons. The molecule has 0 saturated carbocycles. The number of hydrogen-bond donors (Lipinski definition) is 1. The lowest BCUT2D eigenvalue weighted by atomic mass is 10.1. The average molecular weight is 326 g/mol. The Balaban J connectivity index is 2.53. The molecule has 0 amide bonds. The number of methoxy groups -OCH3 is 2. The first-order chi connectivity index (χ1) is 11.5. The topological polar surface area (TPSA) is 110 Å². The van der Waals surface area contributed by atoms with Gasteiger partial charge in [0.15, 0.2) is 5.82 Å². The van der Waals surface area contributed by atoms with Gasteiger partial charge >= 0.3 is 0 Å². The molecule has 2 aromatic rings. The second-order valence-corrected chi connectivity index (χ2v) is 5.03. The maximum Gasteiger partial charge on any atom is 0.230 e. The van der Waals surface area contributed by atoms with Crippen molar-refractivity contribution >= 4 is 23.5 Å². The van der Waals surface area contributed by atoms with Crippen molar-refractivity contribution in [1.82, 2.24) is 15.0 Å². The predicted octanol–water partition coefficient (Wildman–Crippen LogP) is 1.60. The van der Waals surface area contributed by atoms with Crippen molar-refractivity contribution in [2.75, 3.05) is 38.9 Å². The van der Waals surface area contributed by atoms with E-state index in [-0.39, 0.29) is 17.3 Å². The van der Waals surface area contributed by atoms with Crippen LogP contribution in [-0.2, 0) is 0 Å². The number of anilines is 2. The number of nitriles is 1. The van der Waals surface area contributed by atoms with Gasteiger partial charge in [0.25, 0.3) is 0 Å². The molecule has 1 aromatic carbocycles. The Hall–Kier alpha value is -3.34. The van der Waals surface area contributed by atoms with Gasteiger partial charge in [-0.2, -0.15) is 20.2 Å². The standard InChI is InChI=1S/C16H18N6O2/c1-22(2)16-20-14(19-15(18)21-16)11(9-17)5-10-6-12(23-3)8-13(7-10)24-4/h5-8H,1-4H3,(H2,18,19,20,21)/b11-5+. The quantitative estimate of drug-likeness (QED) is 0.825. The van der Waals surface area contributed by atoms with E-state index in [2.05, 4.69) is 21.0 Å². The summed E-state index contributed by atoms with van der Waals surface area (Å²) in [5, 5.41) is 9.48. The van der Waals surface area contributed by atoms with Crippen LogP contribution in [0.25, 0.3) is 11.6 Å². The molecule has 1 heterocycles. The second kappa shape index (κ2) is 7.28. The van der Waals surface area contributed by atoms with E-state index in [9.17, 15) is 5.26 Å². The lowest BCUT2D eigenvalue weighted by Gasteiger charge is -2.11. The van der Waals surface area contributed by atoms with Crippen LogP contribution in [-0.4, -0.2) is 43.3 Å². The van der Waals surface area contributed by atoms with Crippen LogP contribution in [0.4, 0.5) is 11.9 Å². The molecule has 2 N–H and O–H groups in total. The monoisotopic (exact) mass is 326 g/mol. The number of nitrogens with two attached hydrogens (primary N) is 1. The zero-order valence-corrected chi connectivity index (χ0v) is 13.9. The van der Waals surface area contributed by atoms with Crippen molar-refractivity contribution in [1.29, 1.82) is 5.26 Å². The lowest BCUT2D eigenvalue weighted by molar-refractivity contribution is 0.394. The highest BCUT2D eigenvalue weighted by Gasteiger charge is 2.11. The molecule has 0 aliphatic heterocycles. The van der Waals surface area contributed by atoms with E-state index < -0.39 is 0 Å². The van der Waals surface area contributed by atoms with Gasteiger partial charge in [0.05, 0.1) is 19.8 Å². The van der Waals surface area contributed by atoms with E-state index in [1.54, 1.807) is 57.5 Å². The summed E-state index contributed by atoms with van der Waals surface area (Å²) in [6, 6.07) is 7.38. The Morgan fingerprint density at radius 1 is 1.12 bits per heavy atom. The second-order valence-electron chi connectivity index (χ2n) is 5.03. The first kappa shape index (κ1) is 17.0. The highest BCUT2D eigenvalue weighted by molar-refractivity contribution is 5.87. The maximum absolute atomic E-state index is 9.48. The van der Waals surface area contributed by atoms with Gasteiger partial charge in [-0.15, -0.1) is 0 Å². The first-order valence-corrected chi connectivity index (χ1v) is 7.01. The third kappa shape index (κ3) is 3.89. The molecule has 24 heavy (non-hydrogen) atoms. The predicted molar refractivity (Wildman–Crippen MR) is 91.6 cm³/mol. The van der Waals surface area contributed by atoms with Gasteiger partial charge in [-0.25, -0.2) is 0 Å². The van der Waals surface area contributed by atoms with Crippen LogP contribution in [0, 0.1) is 11.3 Å². The van der Waals surface area contributed by atoms with Crippen LogP contribution in [0.1, 0.15) is 11.4 Å². The zero-order chi connectivity index (χ0) is 17.7. The number of aromatic nitrogens is 3. The number of nitrogen functional groups attached to an aromatic ring is 1. The highest BCUT2D eigenvalue weighted by atomic mass is 16.5. The van der Waals surface area contributed by atoms with Crippen molar-refractivity contribution in [2.45, 2.75) is 0 Å². The molecule has 0 spiro atoms. The maximum atomic E-state index is 9.48. The molecule has 0 aliphatic carbocycles. The molecule has 0 radical (unpaired) electrons. The van der Waals surface area contributed by atoms with E-state index in [1.807, 2.05) is 0 Å². The fourth-order valence-electron chi connectivity index (χ4n) is 1.93. The van der Waals surface area contributed by atoms with Crippen molar-refractivity contribution in [2.24, 2.45) is 0 Å². The van der Waals surface area contributed by atoms with Gasteiger partial charge in [-0.3, -0.25) is 0 Å². The van der Waals surface area contributed by atoms with Crippen LogP contribution >= 0.6 is 0 Å². The van der Waals surface area contributed by atoms with Gasteiger partial charge < -0.3 is 20.1 Å². The van der Waals surface area contributed by atoms with E-state index in [0.717, 1.165) is 0 Å². The van der Waals surface area contributed by atoms with E-state index in [4.69, 9.17) is 15.2 Å². The Morgan fingerprint density at radius 3 is 2.25 bits per heavy atom. The average Bonchev–Trinajstić information content (AvgIpc) is 2.58. The number of nitrogens with zero attached hydrogens (tertiary/aromatic N) is 5. The SMILES string of the molecule is COc1cc(/C=C(\C#N)c2nc(N)nc(N(C)C)n2)cc(OC)c1. The van der Waals surface area contributed by atoms with E-state index in [1.165, 1.54) is 0 Å². The number of ether oxygens (including phenoxy) is 2. The summed E-state index contributed by atoms with van der Waals surface area (Å²) in [5.74, 6) is 1.86. The fraction of sp³-hybridized carbons (Fsp3) is 0.250. The van der Waals surface area contributed by atoms with Crippen molar-refractivity contribution < 1.29 is 9.47 Å². The third-order valence-electron chi connectivity index (χ3n) is 3.09. The van der Waals surface area contributed by atoms with Crippen LogP contribution < -0.4 is 20.1 Å². The Morgan fingerprint density at radius 2 is 1.75 bits per heavy atom. The Labute approximate surface area is 140 Å². The lowest BCUT2D eigenvalue weighted by Crippen LogP contribution is -2.15. The first-order valence-electron chi connectivity index (χ1n) is 7.01. The van der Waals surface area contributed by atoms with E-state index in [0.29, 0.717) is 23.0 Å². The van der Waals surface area contributed by atoms with Crippen LogP contribution in [0.15, 0.2) is 18.2 Å². The van der Waals surface area contributed by atoms with Crippen LogP contribution in [0.2, 0.25) is 0 Å². The summed E-state index contributed by atoms with van der Waals surface area (Å²) >= 11 is 0. The minimum atomic E-state index is 0.0491. The summed E-state index contributed by atoms with van der Waals surface area (Å²) in [7, 11) is 6.68. The summed E-state index contributed by atoms with van der Waals surface area (Å²) in [6.07, 6.45) is 1.64. The molecule has 0 aliphatic rings. The van der Waals surface area contributed by atoms with Gasteiger partial charge in [0.2, 0.25) is 11.9 Å². The van der Waals surface area contributed by atoms with Crippen molar-refractivity contribution in [3.05, 3.63) is 29.6 Å². The summed E-state index contributed by atoms with van der Waals surface area (Å²) < 4.78 is 10.5. The number of allylic oxidation sites excluding steroid dienone is 1. The molecule has 1 aromatic heterocycles. The number of benzene rings is 1. The third-order valence-corrected chi connectivity index (χ3v) is 3.09. The summed E-state index contributed by atoms with van der Waals surface area (Å²) in [4.78, 5) is 14.0. The van der Waals surface area contributed by atoms with Gasteiger partial charge in [0, 0.05) is 20.2 Å². The zero-order valence-electron chi connectivity index (χ0n) is 13.9. The molecule has 8 heteroatoms. The number of rotatable bonds is 5. The largest absolute Gasteiger partial charge is 0.497 e. The Bertz CT molecular complexity index is 788. The molecule has 0 bridgehead atoms. The Kier molecular flexibility index (Phi) is 5.16. The molecule has 8 nitrogen and oxygen atoms in total. The smallest absolute Gasteiger partial charge is 0.230 e. The normalized spacial score (nSPS) is 10.9. The molecule has 0 atom stereocenters. The highest BCUT2D eigenvalue weighted by Crippen LogP contribution is 2.25. The van der Waals surface area contributed by atoms with Crippen LogP contribution in [0.5, 0.6) is 11.5 Å². The molecule has 0 unspecified atom stereocenters. The molecular weight excluding hydrogens is 308 g/mol. The molecule has 0 fully saturated rings. The fourth-order valence-corrected chi connectivity index (χ4v) is 1.93. The minimum absolute atomic E-state index is 0.0491. The molecular formula is C16H18N6O2. The van der Waals surface area contributed by atoms with Crippen molar-refractivity contribution in [3.63, 3.8) is 0 Å². The summed E-state index contributed by atoms with van der Waals surface area (Å²) in [5.41, 5.74) is 6.68. The van der Waals surface area contributed by atoms with Gasteiger partial charge in [-0.05, 0) is 23.8 Å². The van der Waals surface area contributed by atoms with Gasteiger partial charge in [0.1, 0.15) is 17.6 Å². The molecule has 0 saturated heterocycles. The minimum Gasteiger partial charge on any atom is -0.497 e. The molecule has 2 rings (SSSR count). The van der Waals surface area contributed by atoms with Gasteiger partial charge in [-0.1, -0.05) is 0 Å². The van der Waals surface area contributed by atoms with Crippen LogP contribution in [0.3, 0.4) is 0 Å². The van der Waals surface area contributed by atoms with Crippen molar-refractivity contribution in [3.8, 4) is 17.6 Å². The van der Waals surface area contributed by atoms with E-state index >= 15 is 0 Å².